The van der Waals surface area contributed by atoms with Crippen LogP contribution >= 0.6 is 27.7 Å². The van der Waals surface area contributed by atoms with Gasteiger partial charge in [-0.2, -0.15) is 0 Å². The number of hydrogen-bond donors (Lipinski definition) is 1. The first-order chi connectivity index (χ1) is 10.3. The van der Waals surface area contributed by atoms with Crippen LogP contribution in [-0.2, 0) is 0 Å². The van der Waals surface area contributed by atoms with Crippen LogP contribution in [0.5, 0.6) is 0 Å². The number of halogens is 1. The molecular formula is C15H15BrN4S. The molecule has 2 aromatic heterocycles. The molecule has 0 saturated heterocycles. The summed E-state index contributed by atoms with van der Waals surface area (Å²) in [7, 11) is 0. The van der Waals surface area contributed by atoms with E-state index in [0.717, 1.165) is 38.8 Å². The Balaban J connectivity index is 2.00. The molecule has 0 aliphatic heterocycles. The first-order valence-corrected chi connectivity index (χ1v) is 8.39. The number of aromatic nitrogens is 3. The fraction of sp³-hybridized carbons (Fsp3) is 0.200. The maximum absolute atomic E-state index is 4.69. The smallest absolute Gasteiger partial charge is 0.170 e. The molecule has 0 saturated carbocycles. The quantitative estimate of drug-likeness (QED) is 0.727. The number of anilines is 1. The fourth-order valence-electron chi connectivity index (χ4n) is 1.94. The van der Waals surface area contributed by atoms with Crippen molar-refractivity contribution < 1.29 is 0 Å². The summed E-state index contributed by atoms with van der Waals surface area (Å²) < 4.78 is 3.07. The Labute approximate surface area is 136 Å². The van der Waals surface area contributed by atoms with Crippen molar-refractivity contribution in [3.8, 4) is 0 Å². The lowest BCUT2D eigenvalue weighted by molar-refractivity contribution is 0.945. The van der Waals surface area contributed by atoms with E-state index in [1.807, 2.05) is 35.0 Å². The van der Waals surface area contributed by atoms with Crippen LogP contribution in [0.25, 0.3) is 5.65 Å². The summed E-state index contributed by atoms with van der Waals surface area (Å²) in [4.78, 5) is 10.2. The van der Waals surface area contributed by atoms with Gasteiger partial charge in [0.1, 0.15) is 10.8 Å². The molecule has 1 aromatic carbocycles. The van der Waals surface area contributed by atoms with Crippen LogP contribution in [0.4, 0.5) is 5.82 Å². The Morgan fingerprint density at radius 3 is 3.00 bits per heavy atom. The number of nitrogens with zero attached hydrogens (tertiary/aromatic N) is 3. The number of hydrogen-bond acceptors (Lipinski definition) is 4. The van der Waals surface area contributed by atoms with E-state index >= 15 is 0 Å². The molecule has 3 aromatic rings. The summed E-state index contributed by atoms with van der Waals surface area (Å²) in [5, 5.41) is 4.23. The highest BCUT2D eigenvalue weighted by Crippen LogP contribution is 2.34. The van der Waals surface area contributed by atoms with Gasteiger partial charge in [0.25, 0.3) is 0 Å². The molecule has 1 N–H and O–H groups in total. The van der Waals surface area contributed by atoms with E-state index in [1.54, 1.807) is 18.0 Å². The Morgan fingerprint density at radius 2 is 2.19 bits per heavy atom. The lowest BCUT2D eigenvalue weighted by Crippen LogP contribution is -2.04. The van der Waals surface area contributed by atoms with Crippen molar-refractivity contribution >= 4 is 39.2 Å². The van der Waals surface area contributed by atoms with Gasteiger partial charge in [-0.15, -0.1) is 0 Å². The van der Waals surface area contributed by atoms with E-state index in [0.29, 0.717) is 0 Å². The van der Waals surface area contributed by atoms with Gasteiger partial charge in [0.2, 0.25) is 0 Å². The monoisotopic (exact) mass is 362 g/mol. The number of imidazole rings is 1. The van der Waals surface area contributed by atoms with E-state index in [4.69, 9.17) is 4.98 Å². The lowest BCUT2D eigenvalue weighted by atomic mass is 10.4. The third kappa shape index (κ3) is 3.22. The minimum absolute atomic E-state index is 0.872. The average Bonchev–Trinajstić information content (AvgIpc) is 2.96. The van der Waals surface area contributed by atoms with Crippen LogP contribution < -0.4 is 5.32 Å². The van der Waals surface area contributed by atoms with Crippen LogP contribution in [0.15, 0.2) is 57.3 Å². The van der Waals surface area contributed by atoms with Gasteiger partial charge in [-0.05, 0) is 34.5 Å². The van der Waals surface area contributed by atoms with Gasteiger partial charge in [-0.3, -0.25) is 0 Å². The van der Waals surface area contributed by atoms with E-state index < -0.39 is 0 Å². The normalized spacial score (nSPS) is 11.0. The van der Waals surface area contributed by atoms with Crippen LogP contribution in [-0.4, -0.2) is 20.9 Å². The second-order valence-corrected chi connectivity index (χ2v) is 6.43. The van der Waals surface area contributed by atoms with Gasteiger partial charge in [0.05, 0.1) is 6.20 Å². The topological polar surface area (TPSA) is 42.2 Å². The third-order valence-electron chi connectivity index (χ3n) is 2.94. The Hall–Kier alpha value is -1.53. The molecule has 0 aliphatic carbocycles. The fourth-order valence-corrected chi connectivity index (χ4v) is 3.38. The van der Waals surface area contributed by atoms with Gasteiger partial charge in [-0.1, -0.05) is 30.8 Å². The van der Waals surface area contributed by atoms with Gasteiger partial charge in [-0.25, -0.2) is 9.97 Å². The zero-order chi connectivity index (χ0) is 14.7. The summed E-state index contributed by atoms with van der Waals surface area (Å²) in [6.07, 6.45) is 6.78. The molecule has 4 nitrogen and oxygen atoms in total. The first kappa shape index (κ1) is 14.4. The van der Waals surface area contributed by atoms with Crippen LogP contribution in [0.3, 0.4) is 0 Å². The molecule has 0 radical (unpaired) electrons. The molecule has 6 heteroatoms. The zero-order valence-electron chi connectivity index (χ0n) is 11.6. The predicted molar refractivity (Wildman–Crippen MR) is 90.0 cm³/mol. The molecule has 0 aliphatic rings. The van der Waals surface area contributed by atoms with Crippen molar-refractivity contribution in [2.24, 2.45) is 0 Å². The highest BCUT2D eigenvalue weighted by Gasteiger charge is 2.10. The van der Waals surface area contributed by atoms with Crippen LogP contribution in [0, 0.1) is 0 Å². The van der Waals surface area contributed by atoms with Gasteiger partial charge < -0.3 is 9.72 Å². The molecule has 0 unspecified atom stereocenters. The van der Waals surface area contributed by atoms with Gasteiger partial charge in [0, 0.05) is 28.3 Å². The lowest BCUT2D eigenvalue weighted by Gasteiger charge is -2.09. The van der Waals surface area contributed by atoms with Crippen LogP contribution in [0.2, 0.25) is 0 Å². The average molecular weight is 363 g/mol. The summed E-state index contributed by atoms with van der Waals surface area (Å²) in [5.74, 6) is 0.872. The summed E-state index contributed by atoms with van der Waals surface area (Å²) >= 11 is 5.19. The van der Waals surface area contributed by atoms with Gasteiger partial charge >= 0.3 is 0 Å². The molecular weight excluding hydrogens is 348 g/mol. The molecule has 108 valence electrons. The van der Waals surface area contributed by atoms with E-state index in [9.17, 15) is 0 Å². The van der Waals surface area contributed by atoms with E-state index in [2.05, 4.69) is 39.2 Å². The standard InChI is InChI=1S/C15H15BrN4S/c1-2-7-17-13-10-20-9-8-18-14(20)15(19-13)21-12-6-4-3-5-11(12)16/h3-6,8-10,17H,2,7H2,1H3. The van der Waals surface area contributed by atoms with Crippen molar-refractivity contribution in [1.29, 1.82) is 0 Å². The summed E-state index contributed by atoms with van der Waals surface area (Å²) in [6, 6.07) is 8.13. The third-order valence-corrected chi connectivity index (χ3v) is 4.94. The Bertz CT molecular complexity index is 756. The predicted octanol–water partition coefficient (Wildman–Crippen LogP) is 4.46. The van der Waals surface area contributed by atoms with Crippen molar-refractivity contribution in [3.63, 3.8) is 0 Å². The van der Waals surface area contributed by atoms with E-state index in [1.165, 1.54) is 0 Å². The number of benzene rings is 1. The minimum atomic E-state index is 0.872. The van der Waals surface area contributed by atoms with Gasteiger partial charge in [0.15, 0.2) is 5.65 Å². The molecule has 3 rings (SSSR count). The number of rotatable bonds is 5. The number of fused-ring (bicyclic) bond motifs is 1. The second-order valence-electron chi connectivity index (χ2n) is 4.55. The molecule has 0 bridgehead atoms. The largest absolute Gasteiger partial charge is 0.369 e. The summed E-state index contributed by atoms with van der Waals surface area (Å²) in [5.41, 5.74) is 0.873. The SMILES string of the molecule is CCCNc1cn2ccnc2c(Sc2ccccc2Br)n1. The minimum Gasteiger partial charge on any atom is -0.369 e. The summed E-state index contributed by atoms with van der Waals surface area (Å²) in [6.45, 7) is 3.05. The second kappa shape index (κ2) is 6.49. The Morgan fingerprint density at radius 1 is 1.33 bits per heavy atom. The maximum Gasteiger partial charge on any atom is 0.170 e. The molecule has 0 amide bonds. The molecule has 0 fully saturated rings. The highest BCUT2D eigenvalue weighted by atomic mass is 79.9. The van der Waals surface area contributed by atoms with Crippen molar-refractivity contribution in [3.05, 3.63) is 47.3 Å². The molecule has 0 atom stereocenters. The van der Waals surface area contributed by atoms with Crippen molar-refractivity contribution in [2.75, 3.05) is 11.9 Å². The van der Waals surface area contributed by atoms with E-state index in [-0.39, 0.29) is 0 Å². The first-order valence-electron chi connectivity index (χ1n) is 6.78. The van der Waals surface area contributed by atoms with Crippen molar-refractivity contribution in [1.82, 2.24) is 14.4 Å². The van der Waals surface area contributed by atoms with Crippen LogP contribution in [0.1, 0.15) is 13.3 Å². The molecule has 21 heavy (non-hydrogen) atoms. The highest BCUT2D eigenvalue weighted by molar-refractivity contribution is 9.10. The number of nitrogens with one attached hydrogen (secondary N) is 1. The van der Waals surface area contributed by atoms with Crippen molar-refractivity contribution in [2.45, 2.75) is 23.3 Å². The molecule has 0 spiro atoms. The molecule has 2 heterocycles. The zero-order valence-corrected chi connectivity index (χ0v) is 14.0. The Kier molecular flexibility index (Phi) is 4.45. The maximum atomic E-state index is 4.69.